The van der Waals surface area contributed by atoms with Gasteiger partial charge in [0.2, 0.25) is 0 Å². The number of methoxy groups -OCH3 is 1. The minimum atomic E-state index is -5.54. The zero-order valence-corrected chi connectivity index (χ0v) is 23.9. The van der Waals surface area contributed by atoms with Crippen LogP contribution in [0.3, 0.4) is 0 Å². The van der Waals surface area contributed by atoms with Crippen LogP contribution in [0.1, 0.15) is 68.9 Å². The van der Waals surface area contributed by atoms with E-state index < -0.39 is 23.4 Å². The van der Waals surface area contributed by atoms with Crippen molar-refractivity contribution in [1.82, 2.24) is 0 Å². The van der Waals surface area contributed by atoms with Crippen molar-refractivity contribution in [2.75, 3.05) is 12.4 Å². The van der Waals surface area contributed by atoms with Crippen LogP contribution < -0.4 is 10.1 Å². The fraction of sp³-hybridized carbons (Fsp3) is 0.500. The first-order valence-electron chi connectivity index (χ1n) is 14.8. The molecule has 1 N–H and O–H groups in total. The molecule has 0 spiro atoms. The minimum absolute atomic E-state index is 0.0232. The third kappa shape index (κ3) is 4.75. The Morgan fingerprint density at radius 2 is 1.71 bits per heavy atom. The third-order valence-electron chi connectivity index (χ3n) is 10.6. The average molecular weight is 586 g/mol. The summed E-state index contributed by atoms with van der Waals surface area (Å²) in [6.45, 7) is 2.26. The molecular formula is C34H36F5NO2. The van der Waals surface area contributed by atoms with E-state index in [1.807, 2.05) is 36.4 Å². The van der Waals surface area contributed by atoms with Crippen molar-refractivity contribution in [2.24, 2.45) is 23.2 Å². The molecule has 0 aromatic heterocycles. The quantitative estimate of drug-likeness (QED) is 0.344. The molecule has 0 bridgehead atoms. The predicted molar refractivity (Wildman–Crippen MR) is 152 cm³/mol. The summed E-state index contributed by atoms with van der Waals surface area (Å²) in [4.78, 5) is 12.8. The van der Waals surface area contributed by atoms with Crippen LogP contribution in [0.2, 0.25) is 0 Å². The summed E-state index contributed by atoms with van der Waals surface area (Å²) >= 11 is 0. The standard InChI is InChI=1S/C34H36F5NO2/c1-32-16-15-25-24(27(32)13-14-30(32)33(35,36)34(37,38)39)12-11-22-17-23(41)18-26(31(22)25)21-9-7-20(8-10-21)19-40-28-5-3-4-6-29(28)42-2/h3-10,17,24,26-27,30,40H,11-16,18-19H2,1-2H3/t24-,26?,27+,30?,32+/m1/s1. The molecule has 4 aliphatic rings. The first kappa shape index (κ1) is 28.9. The fourth-order valence-corrected chi connectivity index (χ4v) is 8.57. The van der Waals surface area contributed by atoms with Crippen LogP contribution in [0.4, 0.5) is 27.6 Å². The monoisotopic (exact) mass is 585 g/mol. The number of hydrogen-bond acceptors (Lipinski definition) is 3. The van der Waals surface area contributed by atoms with Gasteiger partial charge in [0, 0.05) is 24.8 Å². The number of halogens is 5. The average Bonchev–Trinajstić information content (AvgIpc) is 3.33. The van der Waals surface area contributed by atoms with E-state index in [9.17, 15) is 26.7 Å². The number of hydrogen-bond donors (Lipinski definition) is 1. The molecule has 0 heterocycles. The fourth-order valence-electron chi connectivity index (χ4n) is 8.57. The van der Waals surface area contributed by atoms with Crippen molar-refractivity contribution < 1.29 is 31.5 Å². The van der Waals surface area contributed by atoms with Crippen molar-refractivity contribution in [3.8, 4) is 5.75 Å². The van der Waals surface area contributed by atoms with Gasteiger partial charge in [0.15, 0.2) is 5.78 Å². The Hall–Kier alpha value is -3.16. The molecule has 0 saturated heterocycles. The van der Waals surface area contributed by atoms with Gasteiger partial charge in [0.05, 0.1) is 12.8 Å². The lowest BCUT2D eigenvalue weighted by atomic mass is 9.54. The highest BCUT2D eigenvalue weighted by atomic mass is 19.4. The maximum atomic E-state index is 14.7. The van der Waals surface area contributed by atoms with Gasteiger partial charge in [0.1, 0.15) is 5.75 Å². The summed E-state index contributed by atoms with van der Waals surface area (Å²) in [7, 11) is 1.63. The van der Waals surface area contributed by atoms with E-state index in [4.69, 9.17) is 4.74 Å². The van der Waals surface area contributed by atoms with Gasteiger partial charge < -0.3 is 10.1 Å². The third-order valence-corrected chi connectivity index (χ3v) is 10.6. The highest BCUT2D eigenvalue weighted by Crippen LogP contribution is 2.67. The number of ether oxygens (including phenoxy) is 1. The van der Waals surface area contributed by atoms with Crippen LogP contribution >= 0.6 is 0 Å². The number of anilines is 1. The summed E-state index contributed by atoms with van der Waals surface area (Å²) in [6.07, 6.45) is -1.03. The lowest BCUT2D eigenvalue weighted by molar-refractivity contribution is -0.314. The molecule has 2 saturated carbocycles. The summed E-state index contributed by atoms with van der Waals surface area (Å²) in [5.74, 6) is -5.92. The van der Waals surface area contributed by atoms with Gasteiger partial charge in [-0.15, -0.1) is 0 Å². The maximum Gasteiger partial charge on any atom is 0.453 e. The van der Waals surface area contributed by atoms with Gasteiger partial charge in [-0.2, -0.15) is 22.0 Å². The Morgan fingerprint density at radius 1 is 0.976 bits per heavy atom. The van der Waals surface area contributed by atoms with Gasteiger partial charge in [-0.05, 0) is 96.3 Å². The number of nitrogens with one attached hydrogen (secondary N) is 1. The van der Waals surface area contributed by atoms with E-state index in [0.717, 1.165) is 33.7 Å². The Morgan fingerprint density at radius 3 is 2.43 bits per heavy atom. The molecule has 0 aliphatic heterocycles. The number of allylic oxidation sites excluding steroid dienone is 4. The molecule has 8 heteroatoms. The largest absolute Gasteiger partial charge is 0.495 e. The topological polar surface area (TPSA) is 38.3 Å². The normalized spacial score (nSPS) is 29.4. The van der Waals surface area contributed by atoms with E-state index >= 15 is 0 Å². The van der Waals surface area contributed by atoms with E-state index in [2.05, 4.69) is 17.4 Å². The van der Waals surface area contributed by atoms with E-state index in [0.29, 0.717) is 45.1 Å². The van der Waals surface area contributed by atoms with Crippen LogP contribution in [0.15, 0.2) is 71.3 Å². The van der Waals surface area contributed by atoms with Crippen molar-refractivity contribution in [3.05, 3.63) is 82.5 Å². The number of carbonyl (C=O) groups is 1. The van der Waals surface area contributed by atoms with Crippen LogP contribution in [0, 0.1) is 23.2 Å². The van der Waals surface area contributed by atoms with Crippen molar-refractivity contribution in [2.45, 2.75) is 76.4 Å². The van der Waals surface area contributed by atoms with Gasteiger partial charge >= 0.3 is 12.1 Å². The predicted octanol–water partition coefficient (Wildman–Crippen LogP) is 9.02. The smallest absolute Gasteiger partial charge is 0.453 e. The Balaban J connectivity index is 1.27. The van der Waals surface area contributed by atoms with Gasteiger partial charge in [-0.1, -0.05) is 48.9 Å². The van der Waals surface area contributed by atoms with E-state index in [1.54, 1.807) is 20.1 Å². The summed E-state index contributed by atoms with van der Waals surface area (Å²) in [6, 6.07) is 15.9. The van der Waals surface area contributed by atoms with Gasteiger partial charge in [-0.3, -0.25) is 4.79 Å². The number of ketones is 1. The molecule has 224 valence electrons. The maximum absolute atomic E-state index is 14.7. The number of fused-ring (bicyclic) bond motifs is 4. The Bertz CT molecular complexity index is 1430. The van der Waals surface area contributed by atoms with Gasteiger partial charge in [0.25, 0.3) is 0 Å². The molecule has 0 amide bonds. The molecule has 42 heavy (non-hydrogen) atoms. The van der Waals surface area contributed by atoms with Crippen LogP contribution in [0.5, 0.6) is 5.75 Å². The van der Waals surface area contributed by atoms with E-state index in [-0.39, 0.29) is 30.0 Å². The number of benzene rings is 2. The second-order valence-electron chi connectivity index (χ2n) is 12.6. The second kappa shape index (κ2) is 10.5. The molecule has 0 radical (unpaired) electrons. The number of para-hydroxylation sites is 2. The molecule has 3 nitrogen and oxygen atoms in total. The minimum Gasteiger partial charge on any atom is -0.495 e. The summed E-state index contributed by atoms with van der Waals surface area (Å²) in [5, 5.41) is 3.40. The van der Waals surface area contributed by atoms with E-state index in [1.165, 1.54) is 5.57 Å². The SMILES string of the molecule is COc1ccccc1NCc1ccc(C2CC(=O)C=C3CC[C@@H]4C(=C32)CC[C@]2(C)C(C(F)(F)C(F)(F)F)CC[C@@H]42)cc1. The molecule has 2 aromatic carbocycles. The van der Waals surface area contributed by atoms with Crippen molar-refractivity contribution in [1.29, 1.82) is 0 Å². The molecule has 2 aromatic rings. The number of carbonyl (C=O) groups excluding carboxylic acids is 1. The van der Waals surface area contributed by atoms with Crippen LogP contribution in [0.25, 0.3) is 0 Å². The molecule has 2 unspecified atom stereocenters. The number of alkyl halides is 5. The van der Waals surface area contributed by atoms with Crippen molar-refractivity contribution in [3.63, 3.8) is 0 Å². The summed E-state index contributed by atoms with van der Waals surface area (Å²) in [5.41, 5.74) is 5.26. The zero-order valence-electron chi connectivity index (χ0n) is 23.9. The van der Waals surface area contributed by atoms with Gasteiger partial charge in [-0.25, -0.2) is 0 Å². The lowest BCUT2D eigenvalue weighted by Crippen LogP contribution is -2.51. The van der Waals surface area contributed by atoms with Crippen molar-refractivity contribution >= 4 is 11.5 Å². The second-order valence-corrected chi connectivity index (χ2v) is 12.6. The molecular weight excluding hydrogens is 549 g/mol. The number of rotatable bonds is 6. The van der Waals surface area contributed by atoms with Crippen LogP contribution in [-0.2, 0) is 11.3 Å². The highest BCUT2D eigenvalue weighted by molar-refractivity contribution is 5.94. The first-order chi connectivity index (χ1) is 19.9. The molecule has 6 rings (SSSR count). The molecule has 5 atom stereocenters. The Kier molecular flexibility index (Phi) is 7.25. The Labute approximate surface area is 243 Å². The zero-order chi connectivity index (χ0) is 29.9. The first-order valence-corrected chi connectivity index (χ1v) is 14.8. The highest BCUT2D eigenvalue weighted by Gasteiger charge is 2.70. The molecule has 2 fully saturated rings. The summed E-state index contributed by atoms with van der Waals surface area (Å²) < 4.78 is 75.1. The lowest BCUT2D eigenvalue weighted by Gasteiger charge is -2.51. The van der Waals surface area contributed by atoms with Crippen LogP contribution in [-0.4, -0.2) is 25.0 Å². The molecule has 4 aliphatic carbocycles.